The number of pyridine rings is 1. The van der Waals surface area contributed by atoms with E-state index in [9.17, 15) is 18.0 Å². The lowest BCUT2D eigenvalue weighted by molar-refractivity contribution is -0.141. The summed E-state index contributed by atoms with van der Waals surface area (Å²) >= 11 is 4.17. The van der Waals surface area contributed by atoms with E-state index < -0.39 is 11.9 Å². The molecule has 0 aliphatic rings. The van der Waals surface area contributed by atoms with Gasteiger partial charge in [-0.1, -0.05) is 18.2 Å². The van der Waals surface area contributed by atoms with Crippen LogP contribution in [0.15, 0.2) is 47.1 Å². The van der Waals surface area contributed by atoms with Gasteiger partial charge in [-0.15, -0.1) is 0 Å². The Labute approximate surface area is 143 Å². The predicted octanol–water partition coefficient (Wildman–Crippen LogP) is 4.31. The zero-order valence-corrected chi connectivity index (χ0v) is 13.9. The predicted molar refractivity (Wildman–Crippen MR) is 86.9 cm³/mol. The minimum absolute atomic E-state index is 0.193. The maximum Gasteiger partial charge on any atom is 0.433 e. The van der Waals surface area contributed by atoms with Gasteiger partial charge in [0.1, 0.15) is 5.69 Å². The first-order valence-electron chi connectivity index (χ1n) is 6.31. The molecule has 1 heterocycles. The molecule has 9 heteroatoms. The van der Waals surface area contributed by atoms with Crippen LogP contribution in [0.1, 0.15) is 16.1 Å². The van der Waals surface area contributed by atoms with Gasteiger partial charge in [-0.3, -0.25) is 14.5 Å². The summed E-state index contributed by atoms with van der Waals surface area (Å²) in [5, 5.41) is 2.79. The Balaban J connectivity index is 1.88. The summed E-state index contributed by atoms with van der Waals surface area (Å²) in [6.07, 6.45) is -3.43. The van der Waals surface area contributed by atoms with Gasteiger partial charge in [0.2, 0.25) is 0 Å². The van der Waals surface area contributed by atoms with Crippen molar-refractivity contribution in [2.75, 3.05) is 11.2 Å². The van der Waals surface area contributed by atoms with Crippen molar-refractivity contribution >= 4 is 39.5 Å². The smallest absolute Gasteiger partial charge is 0.373 e. The van der Waals surface area contributed by atoms with Gasteiger partial charge in [0.05, 0.1) is 16.0 Å². The molecule has 1 aromatic carbocycles. The molecule has 0 bridgehead atoms. The molecule has 23 heavy (non-hydrogen) atoms. The standard InChI is InChI=1S/C14H11BrF3N3OS/c15-10-7-19-12(14(16,17)18)6-11(10)20-8-23-21-13(22)9-4-2-1-3-5-9/h1-7H,8H2,(H,19,20)(H,21,22). The van der Waals surface area contributed by atoms with E-state index in [1.165, 1.54) is 0 Å². The fourth-order valence-corrected chi connectivity index (χ4v) is 2.50. The quantitative estimate of drug-likeness (QED) is 0.442. The average Bonchev–Trinajstić information content (AvgIpc) is 2.52. The van der Waals surface area contributed by atoms with Gasteiger partial charge in [0.25, 0.3) is 5.91 Å². The number of carbonyl (C=O) groups excluding carboxylic acids is 1. The third-order valence-electron chi connectivity index (χ3n) is 2.68. The van der Waals surface area contributed by atoms with Crippen LogP contribution in [0.3, 0.4) is 0 Å². The third kappa shape index (κ3) is 5.14. The van der Waals surface area contributed by atoms with Crippen molar-refractivity contribution in [1.29, 1.82) is 0 Å². The summed E-state index contributed by atoms with van der Waals surface area (Å²) in [4.78, 5) is 15.1. The highest BCUT2D eigenvalue weighted by Gasteiger charge is 2.32. The number of nitrogens with one attached hydrogen (secondary N) is 2. The summed E-state index contributed by atoms with van der Waals surface area (Å²) in [5.74, 6) is -0.0828. The first-order chi connectivity index (χ1) is 10.9. The second-order valence-corrected chi connectivity index (χ2v) is 5.95. The van der Waals surface area contributed by atoms with Crippen LogP contribution in [0.5, 0.6) is 0 Å². The van der Waals surface area contributed by atoms with Crippen LogP contribution in [0.4, 0.5) is 18.9 Å². The molecule has 0 aliphatic carbocycles. The molecular formula is C14H11BrF3N3OS. The first kappa shape index (κ1) is 17.6. The minimum atomic E-state index is -4.51. The van der Waals surface area contributed by atoms with E-state index in [1.54, 1.807) is 30.3 Å². The number of carbonyl (C=O) groups is 1. The third-order valence-corrected chi connectivity index (χ3v) is 3.93. The Bertz CT molecular complexity index is 683. The molecule has 4 nitrogen and oxygen atoms in total. The number of anilines is 1. The Kier molecular flexibility index (Phi) is 5.89. The van der Waals surface area contributed by atoms with E-state index in [1.807, 2.05) is 0 Å². The lowest BCUT2D eigenvalue weighted by atomic mass is 10.2. The van der Waals surface area contributed by atoms with E-state index in [4.69, 9.17) is 0 Å². The van der Waals surface area contributed by atoms with Crippen molar-refractivity contribution in [2.45, 2.75) is 6.18 Å². The molecule has 2 N–H and O–H groups in total. The second kappa shape index (κ2) is 7.69. The Morgan fingerprint density at radius 2 is 1.96 bits per heavy atom. The first-order valence-corrected chi connectivity index (χ1v) is 8.09. The zero-order valence-electron chi connectivity index (χ0n) is 11.5. The molecule has 0 spiro atoms. The van der Waals surface area contributed by atoms with Crippen LogP contribution in [0.25, 0.3) is 0 Å². The van der Waals surface area contributed by atoms with Crippen molar-refractivity contribution in [2.24, 2.45) is 0 Å². The van der Waals surface area contributed by atoms with Gasteiger partial charge in [-0.05, 0) is 46.1 Å². The number of aromatic nitrogens is 1. The van der Waals surface area contributed by atoms with E-state index >= 15 is 0 Å². The van der Waals surface area contributed by atoms with Crippen molar-refractivity contribution in [1.82, 2.24) is 9.71 Å². The Morgan fingerprint density at radius 3 is 2.61 bits per heavy atom. The van der Waals surface area contributed by atoms with Gasteiger partial charge in [-0.25, -0.2) is 0 Å². The van der Waals surface area contributed by atoms with E-state index in [0.29, 0.717) is 10.0 Å². The average molecular weight is 406 g/mol. The summed E-state index contributed by atoms with van der Waals surface area (Å²) in [5.41, 5.74) is -0.236. The van der Waals surface area contributed by atoms with Gasteiger partial charge < -0.3 is 5.32 Å². The Morgan fingerprint density at radius 1 is 1.26 bits per heavy atom. The summed E-state index contributed by atoms with van der Waals surface area (Å²) in [6, 6.07) is 9.51. The monoisotopic (exact) mass is 405 g/mol. The lowest BCUT2D eigenvalue weighted by Crippen LogP contribution is -2.18. The lowest BCUT2D eigenvalue weighted by Gasteiger charge is -2.11. The normalized spacial score (nSPS) is 11.1. The van der Waals surface area contributed by atoms with Crippen molar-refractivity contribution in [3.63, 3.8) is 0 Å². The molecule has 2 aromatic rings. The SMILES string of the molecule is O=C(NSCNc1cc(C(F)(F)F)ncc1Br)c1ccccc1. The van der Waals surface area contributed by atoms with Crippen LogP contribution in [-0.2, 0) is 6.18 Å². The summed E-state index contributed by atoms with van der Waals surface area (Å²) in [6.45, 7) is 0. The van der Waals surface area contributed by atoms with Crippen LogP contribution < -0.4 is 10.0 Å². The maximum absolute atomic E-state index is 12.6. The summed E-state index contributed by atoms with van der Waals surface area (Å²) < 4.78 is 40.8. The van der Waals surface area contributed by atoms with Gasteiger partial charge in [0.15, 0.2) is 0 Å². The molecule has 0 saturated carbocycles. The number of hydrogen-bond donors (Lipinski definition) is 2. The molecule has 0 fully saturated rings. The van der Waals surface area contributed by atoms with Crippen LogP contribution in [0, 0.1) is 0 Å². The van der Waals surface area contributed by atoms with Crippen LogP contribution in [0.2, 0.25) is 0 Å². The number of alkyl halides is 3. The number of hydrogen-bond acceptors (Lipinski definition) is 4. The molecule has 0 atom stereocenters. The molecule has 0 radical (unpaired) electrons. The molecule has 0 unspecified atom stereocenters. The molecule has 0 aliphatic heterocycles. The van der Waals surface area contributed by atoms with Gasteiger partial charge >= 0.3 is 6.18 Å². The van der Waals surface area contributed by atoms with Crippen molar-refractivity contribution in [3.05, 3.63) is 58.3 Å². The van der Waals surface area contributed by atoms with E-state index in [-0.39, 0.29) is 17.5 Å². The van der Waals surface area contributed by atoms with E-state index in [2.05, 4.69) is 31.0 Å². The molecular weight excluding hydrogens is 395 g/mol. The fraction of sp³-hybridized carbons (Fsp3) is 0.143. The number of nitrogens with zero attached hydrogens (tertiary/aromatic N) is 1. The fourth-order valence-electron chi connectivity index (χ4n) is 1.59. The molecule has 2 rings (SSSR count). The highest BCUT2D eigenvalue weighted by Crippen LogP contribution is 2.32. The van der Waals surface area contributed by atoms with Crippen LogP contribution >= 0.6 is 27.9 Å². The highest BCUT2D eigenvalue weighted by molar-refractivity contribution is 9.10. The largest absolute Gasteiger partial charge is 0.433 e. The Hall–Kier alpha value is -1.74. The highest BCUT2D eigenvalue weighted by atomic mass is 79.9. The van der Waals surface area contributed by atoms with Gasteiger partial charge in [-0.2, -0.15) is 13.2 Å². The maximum atomic E-state index is 12.6. The van der Waals surface area contributed by atoms with Crippen molar-refractivity contribution < 1.29 is 18.0 Å². The number of rotatable bonds is 5. The molecule has 1 amide bonds. The van der Waals surface area contributed by atoms with Crippen LogP contribution in [-0.4, -0.2) is 16.8 Å². The zero-order chi connectivity index (χ0) is 16.9. The molecule has 0 saturated heterocycles. The number of benzene rings is 1. The van der Waals surface area contributed by atoms with E-state index in [0.717, 1.165) is 24.2 Å². The van der Waals surface area contributed by atoms with Gasteiger partial charge in [0, 0.05) is 11.8 Å². The summed E-state index contributed by atoms with van der Waals surface area (Å²) in [7, 11) is 0. The second-order valence-electron chi connectivity index (χ2n) is 4.31. The minimum Gasteiger partial charge on any atom is -0.373 e. The number of amides is 1. The molecule has 1 aromatic heterocycles. The van der Waals surface area contributed by atoms with Crippen molar-refractivity contribution in [3.8, 4) is 0 Å². The number of halogens is 4. The topological polar surface area (TPSA) is 54.0 Å². The molecule has 122 valence electrons.